The van der Waals surface area contributed by atoms with E-state index in [1.165, 1.54) is 6.42 Å². The predicted molar refractivity (Wildman–Crippen MR) is 97.1 cm³/mol. The van der Waals surface area contributed by atoms with Gasteiger partial charge in [-0.05, 0) is 37.6 Å². The second-order valence-corrected chi connectivity index (χ2v) is 6.13. The molecule has 2 aromatic rings. The van der Waals surface area contributed by atoms with Crippen molar-refractivity contribution in [2.45, 2.75) is 18.9 Å². The summed E-state index contributed by atoms with van der Waals surface area (Å²) in [7, 11) is 1.72. The molecular weight excluding hydrogens is 318 g/mol. The molecule has 2 amide bonds. The van der Waals surface area contributed by atoms with Crippen molar-refractivity contribution in [3.8, 4) is 5.69 Å². The number of hydrogen-bond acceptors (Lipinski definition) is 4. The number of ether oxygens (including phenoxy) is 1. The number of carbonyl (C=O) groups is 1. The summed E-state index contributed by atoms with van der Waals surface area (Å²) in [6.07, 6.45) is 5.84. The highest BCUT2D eigenvalue weighted by atomic mass is 16.5. The third-order valence-electron chi connectivity index (χ3n) is 4.48. The largest absolute Gasteiger partial charge is 0.383 e. The fraction of sp³-hybridized carbons (Fsp3) is 0.444. The number of nitrogens with zero attached hydrogens (tertiary/aromatic N) is 3. The van der Waals surface area contributed by atoms with Crippen LogP contribution in [-0.2, 0) is 4.74 Å². The van der Waals surface area contributed by atoms with Crippen LogP contribution >= 0.6 is 0 Å². The van der Waals surface area contributed by atoms with E-state index >= 15 is 0 Å². The van der Waals surface area contributed by atoms with Crippen molar-refractivity contribution in [1.29, 1.82) is 0 Å². The Balaban J connectivity index is 1.55. The van der Waals surface area contributed by atoms with Crippen molar-refractivity contribution in [3.63, 3.8) is 0 Å². The molecule has 1 aromatic heterocycles. The number of methoxy groups -OCH3 is 1. The molecule has 0 bridgehead atoms. The van der Waals surface area contributed by atoms with E-state index in [0.29, 0.717) is 12.6 Å². The Labute approximate surface area is 148 Å². The molecule has 25 heavy (non-hydrogen) atoms. The van der Waals surface area contributed by atoms with Crippen LogP contribution in [0.5, 0.6) is 0 Å². The molecule has 7 nitrogen and oxygen atoms in total. The molecule has 0 saturated carbocycles. The van der Waals surface area contributed by atoms with Gasteiger partial charge in [-0.3, -0.25) is 4.90 Å². The zero-order chi connectivity index (χ0) is 17.5. The molecule has 0 radical (unpaired) electrons. The van der Waals surface area contributed by atoms with Gasteiger partial charge in [0.05, 0.1) is 18.0 Å². The molecule has 2 heterocycles. The van der Waals surface area contributed by atoms with Gasteiger partial charge in [0.15, 0.2) is 0 Å². The van der Waals surface area contributed by atoms with E-state index in [1.54, 1.807) is 18.0 Å². The van der Waals surface area contributed by atoms with Gasteiger partial charge in [-0.2, -0.15) is 5.10 Å². The van der Waals surface area contributed by atoms with E-state index in [2.05, 4.69) is 20.6 Å². The number of anilines is 1. The first kappa shape index (κ1) is 17.4. The van der Waals surface area contributed by atoms with Gasteiger partial charge in [-0.25, -0.2) is 9.48 Å². The van der Waals surface area contributed by atoms with Crippen LogP contribution in [-0.4, -0.2) is 60.1 Å². The molecule has 0 unspecified atom stereocenters. The third-order valence-corrected chi connectivity index (χ3v) is 4.48. The molecule has 1 atom stereocenters. The van der Waals surface area contributed by atoms with E-state index in [1.807, 2.05) is 36.5 Å². The molecule has 1 fully saturated rings. The summed E-state index contributed by atoms with van der Waals surface area (Å²) < 4.78 is 6.89. The standard InChI is InChI=1S/C18H25N5O2/c1-25-13-12-22-10-4-6-15(22)14-19-18(24)21-16-7-2-3-8-17(16)23-11-5-9-20-23/h2-3,5,7-9,11,15H,4,6,10,12-14H2,1H3,(H2,19,21,24)/t15-/m1/s1. The summed E-state index contributed by atoms with van der Waals surface area (Å²) in [4.78, 5) is 14.7. The normalized spacial score (nSPS) is 17.6. The monoisotopic (exact) mass is 343 g/mol. The number of carbonyl (C=O) groups excluding carboxylic acids is 1. The first-order chi connectivity index (χ1) is 12.3. The van der Waals surface area contributed by atoms with Crippen LogP contribution in [0.15, 0.2) is 42.7 Å². The Morgan fingerprint density at radius 1 is 1.36 bits per heavy atom. The zero-order valence-corrected chi connectivity index (χ0v) is 14.5. The topological polar surface area (TPSA) is 71.4 Å². The van der Waals surface area contributed by atoms with Crippen LogP contribution in [0.2, 0.25) is 0 Å². The van der Waals surface area contributed by atoms with Gasteiger partial charge in [0.25, 0.3) is 0 Å². The number of likely N-dealkylation sites (tertiary alicyclic amines) is 1. The quantitative estimate of drug-likeness (QED) is 0.808. The zero-order valence-electron chi connectivity index (χ0n) is 14.5. The number of urea groups is 1. The van der Waals surface area contributed by atoms with Gasteiger partial charge < -0.3 is 15.4 Å². The summed E-state index contributed by atoms with van der Waals surface area (Å²) >= 11 is 0. The van der Waals surface area contributed by atoms with Crippen molar-refractivity contribution >= 4 is 11.7 Å². The SMILES string of the molecule is COCCN1CCC[C@@H]1CNC(=O)Nc1ccccc1-n1cccn1. The van der Waals surface area contributed by atoms with Crippen LogP contribution in [0.3, 0.4) is 0 Å². The Bertz CT molecular complexity index is 674. The van der Waals surface area contributed by atoms with Gasteiger partial charge >= 0.3 is 6.03 Å². The summed E-state index contributed by atoms with van der Waals surface area (Å²) in [5, 5.41) is 10.1. The molecule has 1 saturated heterocycles. The molecule has 0 spiro atoms. The summed E-state index contributed by atoms with van der Waals surface area (Å²) in [6, 6.07) is 9.65. The molecule has 2 N–H and O–H groups in total. The van der Waals surface area contributed by atoms with Gasteiger partial charge in [-0.1, -0.05) is 12.1 Å². The Morgan fingerprint density at radius 2 is 2.24 bits per heavy atom. The van der Waals surface area contributed by atoms with Crippen molar-refractivity contribution < 1.29 is 9.53 Å². The molecule has 3 rings (SSSR count). The Morgan fingerprint density at radius 3 is 3.04 bits per heavy atom. The number of benzene rings is 1. The maximum atomic E-state index is 12.3. The summed E-state index contributed by atoms with van der Waals surface area (Å²) in [5.41, 5.74) is 1.57. The highest BCUT2D eigenvalue weighted by Gasteiger charge is 2.24. The molecule has 7 heteroatoms. The molecule has 1 aromatic carbocycles. The van der Waals surface area contributed by atoms with Crippen LogP contribution in [0.1, 0.15) is 12.8 Å². The Kier molecular flexibility index (Phi) is 6.03. The van der Waals surface area contributed by atoms with Gasteiger partial charge in [0.1, 0.15) is 0 Å². The fourth-order valence-corrected chi connectivity index (χ4v) is 3.20. The lowest BCUT2D eigenvalue weighted by atomic mass is 10.2. The van der Waals surface area contributed by atoms with Crippen LogP contribution in [0, 0.1) is 0 Å². The van der Waals surface area contributed by atoms with Crippen LogP contribution in [0.4, 0.5) is 10.5 Å². The molecule has 1 aliphatic rings. The fourth-order valence-electron chi connectivity index (χ4n) is 3.20. The highest BCUT2D eigenvalue weighted by Crippen LogP contribution is 2.19. The highest BCUT2D eigenvalue weighted by molar-refractivity contribution is 5.91. The van der Waals surface area contributed by atoms with Gasteiger partial charge in [0, 0.05) is 38.6 Å². The second-order valence-electron chi connectivity index (χ2n) is 6.13. The van der Waals surface area contributed by atoms with E-state index in [9.17, 15) is 4.79 Å². The van der Waals surface area contributed by atoms with E-state index in [4.69, 9.17) is 4.74 Å². The van der Waals surface area contributed by atoms with Gasteiger partial charge in [-0.15, -0.1) is 0 Å². The predicted octanol–water partition coefficient (Wildman–Crippen LogP) is 2.10. The lowest BCUT2D eigenvalue weighted by Gasteiger charge is -2.24. The second kappa shape index (κ2) is 8.64. The van der Waals surface area contributed by atoms with Crippen molar-refractivity contribution in [2.75, 3.05) is 38.7 Å². The minimum Gasteiger partial charge on any atom is -0.383 e. The van der Waals surface area contributed by atoms with Crippen molar-refractivity contribution in [3.05, 3.63) is 42.7 Å². The van der Waals surface area contributed by atoms with Gasteiger partial charge in [0.2, 0.25) is 0 Å². The molecular formula is C18H25N5O2. The molecule has 1 aliphatic heterocycles. The first-order valence-electron chi connectivity index (χ1n) is 8.65. The third kappa shape index (κ3) is 4.58. The molecule has 0 aliphatic carbocycles. The van der Waals surface area contributed by atoms with E-state index in [-0.39, 0.29) is 6.03 Å². The number of amides is 2. The molecule has 134 valence electrons. The number of para-hydroxylation sites is 2. The minimum atomic E-state index is -0.196. The first-order valence-corrected chi connectivity index (χ1v) is 8.65. The Hall–Kier alpha value is -2.38. The number of nitrogens with one attached hydrogen (secondary N) is 2. The number of rotatable bonds is 7. The van der Waals surface area contributed by atoms with Crippen LogP contribution < -0.4 is 10.6 Å². The van der Waals surface area contributed by atoms with E-state index in [0.717, 1.165) is 37.5 Å². The van der Waals surface area contributed by atoms with Crippen LogP contribution in [0.25, 0.3) is 5.69 Å². The van der Waals surface area contributed by atoms with Crippen molar-refractivity contribution in [2.24, 2.45) is 0 Å². The van der Waals surface area contributed by atoms with Crippen molar-refractivity contribution in [1.82, 2.24) is 20.0 Å². The lowest BCUT2D eigenvalue weighted by Crippen LogP contribution is -2.42. The lowest BCUT2D eigenvalue weighted by molar-refractivity contribution is 0.140. The number of aromatic nitrogens is 2. The average Bonchev–Trinajstić information content (AvgIpc) is 3.30. The average molecular weight is 343 g/mol. The summed E-state index contributed by atoms with van der Waals surface area (Å²) in [6.45, 7) is 3.34. The number of hydrogen-bond donors (Lipinski definition) is 2. The minimum absolute atomic E-state index is 0.196. The maximum absolute atomic E-state index is 12.3. The van der Waals surface area contributed by atoms with E-state index < -0.39 is 0 Å². The smallest absolute Gasteiger partial charge is 0.319 e. The maximum Gasteiger partial charge on any atom is 0.319 e. The summed E-state index contributed by atoms with van der Waals surface area (Å²) in [5.74, 6) is 0.